The Morgan fingerprint density at radius 2 is 1.79 bits per heavy atom. The zero-order valence-electron chi connectivity index (χ0n) is 16.0. The van der Waals surface area contributed by atoms with Gasteiger partial charge in [0.1, 0.15) is 11.3 Å². The Balaban J connectivity index is 2.36. The van der Waals surface area contributed by atoms with Gasteiger partial charge in [-0.15, -0.1) is 0 Å². The lowest BCUT2D eigenvalue weighted by Crippen LogP contribution is -2.16. The Morgan fingerprint density at radius 3 is 2.29 bits per heavy atom. The molecule has 0 fully saturated rings. The SMILES string of the molecule is CCCc1nc(C(N)=O)c2[nH]c(=O)n(-c3cc(OC)c(OC)c(OC)c3)c2n1. The number of carbonyl (C=O) groups is 1. The number of nitrogens with zero attached hydrogens (tertiary/aromatic N) is 3. The number of benzene rings is 1. The third-order valence-electron chi connectivity index (χ3n) is 4.20. The molecule has 0 aliphatic heterocycles. The van der Waals surface area contributed by atoms with E-state index in [-0.39, 0.29) is 16.9 Å². The third-order valence-corrected chi connectivity index (χ3v) is 4.20. The van der Waals surface area contributed by atoms with Gasteiger partial charge in [0.05, 0.1) is 27.0 Å². The number of H-pyrrole nitrogens is 1. The molecule has 0 saturated carbocycles. The number of aromatic amines is 1. The highest BCUT2D eigenvalue weighted by atomic mass is 16.5. The van der Waals surface area contributed by atoms with E-state index in [1.807, 2.05) is 6.92 Å². The van der Waals surface area contributed by atoms with Gasteiger partial charge in [-0.2, -0.15) is 0 Å². The number of nitrogens with two attached hydrogens (primary N) is 1. The van der Waals surface area contributed by atoms with Gasteiger partial charge in [0.15, 0.2) is 22.8 Å². The first-order chi connectivity index (χ1) is 13.4. The van der Waals surface area contributed by atoms with Crippen molar-refractivity contribution >= 4 is 17.1 Å². The van der Waals surface area contributed by atoms with Gasteiger partial charge in [-0.25, -0.2) is 19.3 Å². The van der Waals surface area contributed by atoms with Gasteiger partial charge >= 0.3 is 5.69 Å². The molecular formula is C18H21N5O5. The summed E-state index contributed by atoms with van der Waals surface area (Å²) in [5, 5.41) is 0. The van der Waals surface area contributed by atoms with Gasteiger partial charge in [-0.05, 0) is 6.42 Å². The number of amides is 1. The first-order valence-electron chi connectivity index (χ1n) is 8.56. The van der Waals surface area contributed by atoms with Gasteiger partial charge in [0.2, 0.25) is 5.75 Å². The smallest absolute Gasteiger partial charge is 0.332 e. The maximum atomic E-state index is 12.7. The molecule has 28 heavy (non-hydrogen) atoms. The second-order valence-corrected chi connectivity index (χ2v) is 5.95. The topological polar surface area (TPSA) is 134 Å². The molecule has 0 bridgehead atoms. The second kappa shape index (κ2) is 7.59. The van der Waals surface area contributed by atoms with E-state index in [1.165, 1.54) is 25.9 Å². The maximum absolute atomic E-state index is 12.7. The van der Waals surface area contributed by atoms with Gasteiger partial charge in [-0.1, -0.05) is 6.92 Å². The van der Waals surface area contributed by atoms with Gasteiger partial charge in [0.25, 0.3) is 5.91 Å². The van der Waals surface area contributed by atoms with Crippen LogP contribution in [-0.4, -0.2) is 46.8 Å². The molecule has 148 valence electrons. The predicted octanol–water partition coefficient (Wildman–Crippen LogP) is 1.19. The van der Waals surface area contributed by atoms with Crippen LogP contribution in [0.2, 0.25) is 0 Å². The van der Waals surface area contributed by atoms with E-state index in [9.17, 15) is 9.59 Å². The Labute approximate surface area is 160 Å². The molecule has 3 aromatic rings. The van der Waals surface area contributed by atoms with Crippen molar-refractivity contribution in [2.75, 3.05) is 21.3 Å². The number of carbonyl (C=O) groups excluding carboxylic acids is 1. The number of ether oxygens (including phenoxy) is 3. The molecule has 1 amide bonds. The zero-order chi connectivity index (χ0) is 20.4. The summed E-state index contributed by atoms with van der Waals surface area (Å²) in [5.41, 5.74) is 5.75. The molecular weight excluding hydrogens is 366 g/mol. The predicted molar refractivity (Wildman–Crippen MR) is 102 cm³/mol. The standard InChI is InChI=1S/C18H21N5O5/c1-5-6-12-20-13(16(19)24)14-17(21-12)23(18(25)22-14)9-7-10(26-2)15(28-4)11(8-9)27-3/h7-8H,5-6H2,1-4H3,(H2,19,24)(H,22,25). The van der Waals surface area contributed by atoms with Crippen LogP contribution in [0.1, 0.15) is 29.7 Å². The van der Waals surface area contributed by atoms with E-state index in [1.54, 1.807) is 12.1 Å². The van der Waals surface area contributed by atoms with Crippen molar-refractivity contribution in [2.45, 2.75) is 19.8 Å². The second-order valence-electron chi connectivity index (χ2n) is 5.95. The molecule has 0 aliphatic rings. The number of aromatic nitrogens is 4. The molecule has 0 aliphatic carbocycles. The van der Waals surface area contributed by atoms with E-state index in [0.29, 0.717) is 35.2 Å². The molecule has 0 unspecified atom stereocenters. The minimum atomic E-state index is -0.747. The summed E-state index contributed by atoms with van der Waals surface area (Å²) in [6, 6.07) is 3.23. The van der Waals surface area contributed by atoms with E-state index in [0.717, 1.165) is 6.42 Å². The lowest BCUT2D eigenvalue weighted by molar-refractivity contribution is 0.0996. The van der Waals surface area contributed by atoms with Crippen molar-refractivity contribution in [2.24, 2.45) is 5.73 Å². The molecule has 0 spiro atoms. The molecule has 10 nitrogen and oxygen atoms in total. The number of rotatable bonds is 7. The lowest BCUT2D eigenvalue weighted by atomic mass is 10.2. The molecule has 0 saturated heterocycles. The Bertz CT molecular complexity index is 1080. The van der Waals surface area contributed by atoms with E-state index >= 15 is 0 Å². The fourth-order valence-electron chi connectivity index (χ4n) is 2.98. The maximum Gasteiger partial charge on any atom is 0.332 e. The number of primary amides is 1. The lowest BCUT2D eigenvalue weighted by Gasteiger charge is -2.14. The summed E-state index contributed by atoms with van der Waals surface area (Å²) in [7, 11) is 4.44. The summed E-state index contributed by atoms with van der Waals surface area (Å²) >= 11 is 0. The highest BCUT2D eigenvalue weighted by Gasteiger charge is 2.21. The van der Waals surface area contributed by atoms with Crippen LogP contribution in [0.4, 0.5) is 0 Å². The van der Waals surface area contributed by atoms with Crippen LogP contribution in [0.3, 0.4) is 0 Å². The third kappa shape index (κ3) is 3.13. The number of fused-ring (bicyclic) bond motifs is 1. The number of hydrogen-bond acceptors (Lipinski definition) is 7. The average Bonchev–Trinajstić information content (AvgIpc) is 3.01. The Hall–Kier alpha value is -3.56. The summed E-state index contributed by atoms with van der Waals surface area (Å²) in [5.74, 6) is 0.805. The monoisotopic (exact) mass is 387 g/mol. The molecule has 0 atom stereocenters. The number of imidazole rings is 1. The van der Waals surface area contributed by atoms with Crippen molar-refractivity contribution in [3.8, 4) is 22.9 Å². The minimum absolute atomic E-state index is 0.0308. The van der Waals surface area contributed by atoms with Crippen molar-refractivity contribution < 1.29 is 19.0 Å². The molecule has 0 radical (unpaired) electrons. The minimum Gasteiger partial charge on any atom is -0.493 e. The van der Waals surface area contributed by atoms with Crippen LogP contribution >= 0.6 is 0 Å². The fraction of sp³-hybridized carbons (Fsp3) is 0.333. The summed E-state index contributed by atoms with van der Waals surface area (Å²) < 4.78 is 17.3. The number of nitrogens with one attached hydrogen (secondary N) is 1. The van der Waals surface area contributed by atoms with Crippen LogP contribution in [0, 0.1) is 0 Å². The van der Waals surface area contributed by atoms with E-state index < -0.39 is 11.6 Å². The molecule has 2 aromatic heterocycles. The normalized spacial score (nSPS) is 10.9. The first kappa shape index (κ1) is 19.2. The van der Waals surface area contributed by atoms with Crippen LogP contribution in [0.5, 0.6) is 17.2 Å². The summed E-state index contributed by atoms with van der Waals surface area (Å²) in [4.78, 5) is 35.8. The van der Waals surface area contributed by atoms with Crippen molar-refractivity contribution in [3.63, 3.8) is 0 Å². The van der Waals surface area contributed by atoms with Crippen LogP contribution < -0.4 is 25.6 Å². The summed E-state index contributed by atoms with van der Waals surface area (Å²) in [6.45, 7) is 1.96. The van der Waals surface area contributed by atoms with Crippen LogP contribution in [0.15, 0.2) is 16.9 Å². The number of aryl methyl sites for hydroxylation is 1. The van der Waals surface area contributed by atoms with Crippen molar-refractivity contribution in [1.82, 2.24) is 19.5 Å². The van der Waals surface area contributed by atoms with Crippen molar-refractivity contribution in [1.29, 1.82) is 0 Å². The molecule has 3 rings (SSSR count). The van der Waals surface area contributed by atoms with Crippen molar-refractivity contribution in [3.05, 3.63) is 34.1 Å². The Kier molecular flexibility index (Phi) is 5.21. The van der Waals surface area contributed by atoms with Gasteiger partial charge in [0, 0.05) is 18.6 Å². The highest BCUT2D eigenvalue weighted by Crippen LogP contribution is 2.39. The highest BCUT2D eigenvalue weighted by molar-refractivity contribution is 6.01. The fourth-order valence-corrected chi connectivity index (χ4v) is 2.98. The van der Waals surface area contributed by atoms with Crippen LogP contribution in [-0.2, 0) is 6.42 Å². The largest absolute Gasteiger partial charge is 0.493 e. The molecule has 10 heteroatoms. The molecule has 2 heterocycles. The van der Waals surface area contributed by atoms with Gasteiger partial charge in [-0.3, -0.25) is 4.79 Å². The zero-order valence-corrected chi connectivity index (χ0v) is 16.0. The van der Waals surface area contributed by atoms with Crippen LogP contribution in [0.25, 0.3) is 16.9 Å². The summed E-state index contributed by atoms with van der Waals surface area (Å²) in [6.07, 6.45) is 1.30. The Morgan fingerprint density at radius 1 is 1.14 bits per heavy atom. The average molecular weight is 387 g/mol. The molecule has 3 N–H and O–H groups in total. The van der Waals surface area contributed by atoms with Gasteiger partial charge < -0.3 is 24.9 Å². The quantitative estimate of drug-likeness (QED) is 0.622. The number of hydrogen-bond donors (Lipinski definition) is 2. The molecule has 1 aromatic carbocycles. The van der Waals surface area contributed by atoms with E-state index in [4.69, 9.17) is 19.9 Å². The first-order valence-corrected chi connectivity index (χ1v) is 8.56. The number of methoxy groups -OCH3 is 3. The van der Waals surface area contributed by atoms with E-state index in [2.05, 4.69) is 15.0 Å².